The Morgan fingerprint density at radius 1 is 1.61 bits per heavy atom. The van der Waals surface area contributed by atoms with E-state index in [0.717, 1.165) is 37.9 Å². The van der Waals surface area contributed by atoms with Crippen molar-refractivity contribution in [3.8, 4) is 0 Å². The first-order valence-electron chi connectivity index (χ1n) is 6.55. The van der Waals surface area contributed by atoms with E-state index < -0.39 is 0 Å². The van der Waals surface area contributed by atoms with Gasteiger partial charge in [0.25, 0.3) is 5.91 Å². The van der Waals surface area contributed by atoms with E-state index in [1.54, 1.807) is 10.9 Å². The average Bonchev–Trinajstić information content (AvgIpc) is 2.92. The van der Waals surface area contributed by atoms with Crippen molar-refractivity contribution >= 4 is 5.91 Å². The molecule has 5 nitrogen and oxygen atoms in total. The molecular formula is C13H21N3O2. The second kappa shape index (κ2) is 5.52. The smallest absolute Gasteiger partial charge is 0.257 e. The molecule has 1 amide bonds. The van der Waals surface area contributed by atoms with Gasteiger partial charge in [0.15, 0.2) is 0 Å². The number of carbonyl (C=O) groups is 1. The summed E-state index contributed by atoms with van der Waals surface area (Å²) >= 11 is 0. The highest BCUT2D eigenvalue weighted by molar-refractivity contribution is 5.95. The van der Waals surface area contributed by atoms with Gasteiger partial charge in [-0.2, -0.15) is 5.10 Å². The van der Waals surface area contributed by atoms with Crippen molar-refractivity contribution in [2.24, 2.45) is 7.05 Å². The lowest BCUT2D eigenvalue weighted by Crippen LogP contribution is -2.35. The highest BCUT2D eigenvalue weighted by atomic mass is 16.3. The molecule has 1 N–H and O–H groups in total. The first kappa shape index (κ1) is 13.1. The lowest BCUT2D eigenvalue weighted by molar-refractivity contribution is 0.0723. The number of amides is 1. The maximum atomic E-state index is 12.5. The third-order valence-electron chi connectivity index (χ3n) is 3.58. The van der Waals surface area contributed by atoms with Crippen LogP contribution in [0.3, 0.4) is 0 Å². The Bertz CT molecular complexity index is 428. The van der Waals surface area contributed by atoms with Crippen LogP contribution in [0.1, 0.15) is 41.7 Å². The van der Waals surface area contributed by atoms with Crippen molar-refractivity contribution in [1.29, 1.82) is 0 Å². The number of likely N-dealkylation sites (tertiary alicyclic amines) is 1. The molecule has 0 aromatic carbocycles. The van der Waals surface area contributed by atoms with Crippen molar-refractivity contribution < 1.29 is 9.90 Å². The van der Waals surface area contributed by atoms with Gasteiger partial charge < -0.3 is 10.0 Å². The number of aliphatic hydroxyl groups is 1. The molecule has 18 heavy (non-hydrogen) atoms. The molecule has 1 aliphatic rings. The zero-order valence-corrected chi connectivity index (χ0v) is 11.1. The number of rotatable bonds is 4. The number of aliphatic hydroxyl groups excluding tert-OH is 1. The van der Waals surface area contributed by atoms with Crippen LogP contribution in [-0.4, -0.2) is 44.9 Å². The predicted octanol–water partition coefficient (Wildman–Crippen LogP) is 1.11. The van der Waals surface area contributed by atoms with Crippen molar-refractivity contribution in [1.82, 2.24) is 14.7 Å². The van der Waals surface area contributed by atoms with Gasteiger partial charge in [0.2, 0.25) is 0 Å². The maximum Gasteiger partial charge on any atom is 0.257 e. The minimum absolute atomic E-state index is 0.0843. The van der Waals surface area contributed by atoms with Crippen LogP contribution in [0, 0.1) is 6.92 Å². The van der Waals surface area contributed by atoms with Crippen LogP contribution in [0.25, 0.3) is 0 Å². The number of aromatic nitrogens is 2. The molecule has 1 aromatic rings. The largest absolute Gasteiger partial charge is 0.396 e. The van der Waals surface area contributed by atoms with Gasteiger partial charge in [0.1, 0.15) is 0 Å². The van der Waals surface area contributed by atoms with Crippen molar-refractivity contribution in [2.45, 2.75) is 38.6 Å². The van der Waals surface area contributed by atoms with Crippen molar-refractivity contribution in [3.63, 3.8) is 0 Å². The van der Waals surface area contributed by atoms with Gasteiger partial charge in [0.05, 0.1) is 11.3 Å². The summed E-state index contributed by atoms with van der Waals surface area (Å²) in [6.07, 6.45) is 5.55. The average molecular weight is 251 g/mol. The quantitative estimate of drug-likeness (QED) is 0.872. The van der Waals surface area contributed by atoms with Crippen molar-refractivity contribution in [2.75, 3.05) is 13.2 Å². The molecule has 2 heterocycles. The lowest BCUT2D eigenvalue weighted by Gasteiger charge is -2.24. The molecule has 1 unspecified atom stereocenters. The fraction of sp³-hybridized carbons (Fsp3) is 0.692. The van der Waals surface area contributed by atoms with Crippen LogP contribution >= 0.6 is 0 Å². The zero-order chi connectivity index (χ0) is 13.1. The number of carbonyl (C=O) groups excluding carboxylic acids is 1. The monoisotopic (exact) mass is 251 g/mol. The van der Waals surface area contributed by atoms with Gasteiger partial charge in [-0.25, -0.2) is 0 Å². The van der Waals surface area contributed by atoms with E-state index in [1.165, 1.54) is 0 Å². The molecule has 1 aromatic heterocycles. The number of hydrogen-bond acceptors (Lipinski definition) is 3. The Hall–Kier alpha value is -1.36. The van der Waals surface area contributed by atoms with E-state index >= 15 is 0 Å². The fourth-order valence-corrected chi connectivity index (χ4v) is 2.69. The van der Waals surface area contributed by atoms with Crippen LogP contribution < -0.4 is 0 Å². The molecule has 0 aliphatic carbocycles. The number of aryl methyl sites for hydroxylation is 2. The molecule has 0 bridgehead atoms. The Balaban J connectivity index is 2.10. The fourth-order valence-electron chi connectivity index (χ4n) is 2.69. The Kier molecular flexibility index (Phi) is 4.01. The SMILES string of the molecule is Cc1nn(C)cc1C(=O)N1CCCC1CCCO. The van der Waals surface area contributed by atoms with Crippen LogP contribution in [-0.2, 0) is 7.05 Å². The molecule has 5 heteroatoms. The van der Waals surface area contributed by atoms with Crippen LogP contribution in [0.5, 0.6) is 0 Å². The van der Waals surface area contributed by atoms with Gasteiger partial charge in [-0.3, -0.25) is 9.48 Å². The molecule has 1 saturated heterocycles. The summed E-state index contributed by atoms with van der Waals surface area (Å²) in [5.41, 5.74) is 1.49. The Morgan fingerprint density at radius 2 is 2.39 bits per heavy atom. The molecule has 1 atom stereocenters. The predicted molar refractivity (Wildman–Crippen MR) is 68.3 cm³/mol. The van der Waals surface area contributed by atoms with Gasteiger partial charge in [-0.1, -0.05) is 0 Å². The van der Waals surface area contributed by atoms with E-state index in [-0.39, 0.29) is 18.6 Å². The number of hydrogen-bond donors (Lipinski definition) is 1. The first-order chi connectivity index (χ1) is 8.63. The minimum atomic E-state index is 0.0843. The summed E-state index contributed by atoms with van der Waals surface area (Å²) < 4.78 is 1.68. The molecule has 2 rings (SSSR count). The third kappa shape index (κ3) is 2.56. The Morgan fingerprint density at radius 3 is 3.00 bits per heavy atom. The van der Waals surface area contributed by atoms with E-state index in [0.29, 0.717) is 5.56 Å². The van der Waals surface area contributed by atoms with Gasteiger partial charge in [0, 0.05) is 32.4 Å². The maximum absolute atomic E-state index is 12.5. The van der Waals surface area contributed by atoms with Crippen LogP contribution in [0.2, 0.25) is 0 Å². The molecule has 1 fully saturated rings. The highest BCUT2D eigenvalue weighted by Gasteiger charge is 2.30. The summed E-state index contributed by atoms with van der Waals surface area (Å²) in [6, 6.07) is 0.282. The Labute approximate surface area is 107 Å². The number of nitrogens with zero attached hydrogens (tertiary/aromatic N) is 3. The van der Waals surface area contributed by atoms with E-state index in [4.69, 9.17) is 5.11 Å². The van der Waals surface area contributed by atoms with Gasteiger partial charge in [-0.15, -0.1) is 0 Å². The van der Waals surface area contributed by atoms with Crippen LogP contribution in [0.15, 0.2) is 6.20 Å². The molecule has 0 radical (unpaired) electrons. The third-order valence-corrected chi connectivity index (χ3v) is 3.58. The van der Waals surface area contributed by atoms with E-state index in [9.17, 15) is 4.79 Å². The molecule has 1 aliphatic heterocycles. The van der Waals surface area contributed by atoms with Crippen molar-refractivity contribution in [3.05, 3.63) is 17.5 Å². The minimum Gasteiger partial charge on any atom is -0.396 e. The first-order valence-corrected chi connectivity index (χ1v) is 6.55. The van der Waals surface area contributed by atoms with Gasteiger partial charge in [-0.05, 0) is 32.6 Å². The topological polar surface area (TPSA) is 58.4 Å². The summed E-state index contributed by atoms with van der Waals surface area (Å²) in [5.74, 6) is 0.0843. The van der Waals surface area contributed by atoms with E-state index in [1.807, 2.05) is 18.9 Å². The summed E-state index contributed by atoms with van der Waals surface area (Å²) in [4.78, 5) is 14.4. The highest BCUT2D eigenvalue weighted by Crippen LogP contribution is 2.24. The van der Waals surface area contributed by atoms with E-state index in [2.05, 4.69) is 5.10 Å². The molecular weight excluding hydrogens is 230 g/mol. The summed E-state index contributed by atoms with van der Waals surface area (Å²) in [5, 5.41) is 13.1. The lowest BCUT2D eigenvalue weighted by atomic mass is 10.1. The zero-order valence-electron chi connectivity index (χ0n) is 11.1. The summed E-state index contributed by atoms with van der Waals surface area (Å²) in [6.45, 7) is 2.89. The summed E-state index contributed by atoms with van der Waals surface area (Å²) in [7, 11) is 1.83. The second-order valence-electron chi connectivity index (χ2n) is 4.96. The molecule has 0 saturated carbocycles. The molecule has 0 spiro atoms. The standard InChI is InChI=1S/C13H21N3O2/c1-10-12(9-15(2)14-10)13(18)16-7-3-5-11(16)6-4-8-17/h9,11,17H,3-8H2,1-2H3. The molecule has 100 valence electrons. The van der Waals surface area contributed by atoms with Crippen LogP contribution in [0.4, 0.5) is 0 Å². The van der Waals surface area contributed by atoms with Gasteiger partial charge >= 0.3 is 0 Å². The second-order valence-corrected chi connectivity index (χ2v) is 4.96. The normalized spacial score (nSPS) is 19.5.